The van der Waals surface area contributed by atoms with Gasteiger partial charge in [0.1, 0.15) is 11.4 Å². The number of carboxylic acid groups (broad SMARTS) is 1. The van der Waals surface area contributed by atoms with Crippen molar-refractivity contribution in [3.8, 4) is 5.75 Å². The molecule has 0 amide bonds. The highest BCUT2D eigenvalue weighted by Crippen LogP contribution is 2.40. The first-order valence-corrected chi connectivity index (χ1v) is 6.93. The topological polar surface area (TPSA) is 46.5 Å². The normalized spacial score (nSPS) is 17.1. The molecule has 0 atom stereocenters. The van der Waals surface area contributed by atoms with Crippen molar-refractivity contribution in [3.05, 3.63) is 29.3 Å². The summed E-state index contributed by atoms with van der Waals surface area (Å²) in [6.45, 7) is 6.34. The molecule has 1 aromatic rings. The third-order valence-corrected chi connectivity index (χ3v) is 3.81. The zero-order valence-electron chi connectivity index (χ0n) is 11.9. The van der Waals surface area contributed by atoms with Crippen LogP contribution in [0.4, 0.5) is 0 Å². The molecule has 0 heterocycles. The van der Waals surface area contributed by atoms with Crippen molar-refractivity contribution in [2.45, 2.75) is 58.0 Å². The van der Waals surface area contributed by atoms with Gasteiger partial charge in [0.25, 0.3) is 0 Å². The molecule has 3 nitrogen and oxygen atoms in total. The van der Waals surface area contributed by atoms with E-state index in [1.165, 1.54) is 5.56 Å². The van der Waals surface area contributed by atoms with Gasteiger partial charge in [0.2, 0.25) is 0 Å². The maximum absolute atomic E-state index is 11.0. The van der Waals surface area contributed by atoms with E-state index in [0.29, 0.717) is 5.92 Å². The summed E-state index contributed by atoms with van der Waals surface area (Å²) < 4.78 is 6.04. The summed E-state index contributed by atoms with van der Waals surface area (Å²) in [4.78, 5) is 11.0. The molecular weight excluding hydrogens is 240 g/mol. The Morgan fingerprint density at radius 2 is 2.05 bits per heavy atom. The standard InChI is InChI=1S/C16H22O3/c1-11(2)13-7-12(3)8-14(9-13)19-16(5-4-6-16)10-15(17)18/h7-9,11H,4-6,10H2,1-3H3,(H,17,18). The first kappa shape index (κ1) is 13.9. The fourth-order valence-corrected chi connectivity index (χ4v) is 2.58. The van der Waals surface area contributed by atoms with Crippen LogP contribution in [0.2, 0.25) is 0 Å². The zero-order valence-corrected chi connectivity index (χ0v) is 11.9. The fraction of sp³-hybridized carbons (Fsp3) is 0.562. The van der Waals surface area contributed by atoms with Gasteiger partial charge in [-0.3, -0.25) is 4.79 Å². The maximum atomic E-state index is 11.0. The van der Waals surface area contributed by atoms with Crippen molar-refractivity contribution in [1.82, 2.24) is 0 Å². The van der Waals surface area contributed by atoms with Gasteiger partial charge in [-0.15, -0.1) is 0 Å². The lowest BCUT2D eigenvalue weighted by molar-refractivity contribution is -0.144. The van der Waals surface area contributed by atoms with Crippen molar-refractivity contribution in [2.24, 2.45) is 0 Å². The Morgan fingerprint density at radius 1 is 1.37 bits per heavy atom. The van der Waals surface area contributed by atoms with Gasteiger partial charge in [-0.05, 0) is 55.4 Å². The molecule has 0 aliphatic heterocycles. The van der Waals surface area contributed by atoms with Crippen LogP contribution in [0.3, 0.4) is 0 Å². The van der Waals surface area contributed by atoms with Crippen molar-refractivity contribution in [2.75, 3.05) is 0 Å². The van der Waals surface area contributed by atoms with E-state index in [4.69, 9.17) is 9.84 Å². The lowest BCUT2D eigenvalue weighted by Gasteiger charge is -2.41. The predicted molar refractivity (Wildman–Crippen MR) is 74.7 cm³/mol. The first-order chi connectivity index (χ1) is 8.90. The highest BCUT2D eigenvalue weighted by Gasteiger charge is 2.41. The van der Waals surface area contributed by atoms with E-state index in [0.717, 1.165) is 30.6 Å². The van der Waals surface area contributed by atoms with Gasteiger partial charge in [0, 0.05) is 0 Å². The molecule has 104 valence electrons. The number of carboxylic acids is 1. The van der Waals surface area contributed by atoms with E-state index in [9.17, 15) is 4.79 Å². The smallest absolute Gasteiger partial charge is 0.307 e. The second-order valence-electron chi connectivity index (χ2n) is 5.94. The average molecular weight is 262 g/mol. The summed E-state index contributed by atoms with van der Waals surface area (Å²) in [5.41, 5.74) is 1.92. The highest BCUT2D eigenvalue weighted by atomic mass is 16.5. The second kappa shape index (κ2) is 5.24. The molecular formula is C16H22O3. The summed E-state index contributed by atoms with van der Waals surface area (Å²) in [6.07, 6.45) is 2.82. The number of ether oxygens (including phenoxy) is 1. The van der Waals surface area contributed by atoms with E-state index in [-0.39, 0.29) is 6.42 Å². The van der Waals surface area contributed by atoms with Crippen LogP contribution in [0, 0.1) is 6.92 Å². The van der Waals surface area contributed by atoms with Gasteiger partial charge < -0.3 is 9.84 Å². The first-order valence-electron chi connectivity index (χ1n) is 6.93. The molecule has 1 aliphatic carbocycles. The Balaban J connectivity index is 2.20. The molecule has 1 aromatic carbocycles. The minimum atomic E-state index is -0.781. The lowest BCUT2D eigenvalue weighted by Crippen LogP contribution is -2.45. The Labute approximate surface area is 114 Å². The molecule has 1 aliphatic rings. The molecule has 0 aromatic heterocycles. The zero-order chi connectivity index (χ0) is 14.0. The average Bonchev–Trinajstić information content (AvgIpc) is 2.24. The van der Waals surface area contributed by atoms with Gasteiger partial charge in [-0.2, -0.15) is 0 Å². The SMILES string of the molecule is Cc1cc(OC2(CC(=O)O)CCC2)cc(C(C)C)c1. The van der Waals surface area contributed by atoms with Crippen LogP contribution in [0.1, 0.15) is 56.6 Å². The van der Waals surface area contributed by atoms with E-state index in [1.54, 1.807) is 0 Å². The van der Waals surface area contributed by atoms with Crippen LogP contribution in [0.15, 0.2) is 18.2 Å². The second-order valence-corrected chi connectivity index (χ2v) is 5.94. The summed E-state index contributed by atoms with van der Waals surface area (Å²) in [5, 5.41) is 9.01. The van der Waals surface area contributed by atoms with Crippen molar-refractivity contribution < 1.29 is 14.6 Å². The number of carbonyl (C=O) groups is 1. The monoisotopic (exact) mass is 262 g/mol. The Bertz CT molecular complexity index is 473. The van der Waals surface area contributed by atoms with Crippen LogP contribution in [0.5, 0.6) is 5.75 Å². The molecule has 0 unspecified atom stereocenters. The lowest BCUT2D eigenvalue weighted by atomic mass is 9.77. The molecule has 1 N–H and O–H groups in total. The molecule has 0 bridgehead atoms. The molecule has 0 saturated heterocycles. The Hall–Kier alpha value is -1.51. The summed E-state index contributed by atoms with van der Waals surface area (Å²) >= 11 is 0. The minimum Gasteiger partial charge on any atom is -0.487 e. The molecule has 2 rings (SSSR count). The van der Waals surface area contributed by atoms with Crippen LogP contribution in [-0.2, 0) is 4.79 Å². The quantitative estimate of drug-likeness (QED) is 0.875. The molecule has 0 spiro atoms. The largest absolute Gasteiger partial charge is 0.487 e. The summed E-state index contributed by atoms with van der Waals surface area (Å²) in [6, 6.07) is 6.19. The minimum absolute atomic E-state index is 0.0952. The number of hydrogen-bond acceptors (Lipinski definition) is 2. The van der Waals surface area contributed by atoms with Gasteiger partial charge >= 0.3 is 5.97 Å². The third kappa shape index (κ3) is 3.28. The van der Waals surface area contributed by atoms with Crippen molar-refractivity contribution >= 4 is 5.97 Å². The summed E-state index contributed by atoms with van der Waals surface area (Å²) in [7, 11) is 0. The van der Waals surface area contributed by atoms with Gasteiger partial charge in [-0.25, -0.2) is 0 Å². The molecule has 1 fully saturated rings. The van der Waals surface area contributed by atoms with Crippen LogP contribution >= 0.6 is 0 Å². The molecule has 3 heteroatoms. The van der Waals surface area contributed by atoms with Crippen LogP contribution in [-0.4, -0.2) is 16.7 Å². The van der Waals surface area contributed by atoms with Crippen molar-refractivity contribution in [1.29, 1.82) is 0 Å². The number of rotatable bonds is 5. The fourth-order valence-electron chi connectivity index (χ4n) is 2.58. The van der Waals surface area contributed by atoms with Crippen molar-refractivity contribution in [3.63, 3.8) is 0 Å². The number of benzene rings is 1. The third-order valence-electron chi connectivity index (χ3n) is 3.81. The van der Waals surface area contributed by atoms with E-state index < -0.39 is 11.6 Å². The van der Waals surface area contributed by atoms with E-state index in [1.807, 2.05) is 19.1 Å². The van der Waals surface area contributed by atoms with Crippen LogP contribution in [0.25, 0.3) is 0 Å². The van der Waals surface area contributed by atoms with Crippen LogP contribution < -0.4 is 4.74 Å². The number of aryl methyl sites for hydroxylation is 1. The molecule has 19 heavy (non-hydrogen) atoms. The van der Waals surface area contributed by atoms with E-state index in [2.05, 4.69) is 19.9 Å². The predicted octanol–water partition coefficient (Wildman–Crippen LogP) is 3.89. The van der Waals surface area contributed by atoms with Gasteiger partial charge in [0.05, 0.1) is 6.42 Å². The maximum Gasteiger partial charge on any atom is 0.307 e. The Morgan fingerprint density at radius 3 is 2.53 bits per heavy atom. The van der Waals surface area contributed by atoms with Gasteiger partial charge in [-0.1, -0.05) is 19.9 Å². The highest BCUT2D eigenvalue weighted by molar-refractivity contribution is 5.68. The van der Waals surface area contributed by atoms with E-state index >= 15 is 0 Å². The Kier molecular flexibility index (Phi) is 3.83. The number of aliphatic carboxylic acids is 1. The molecule has 0 radical (unpaired) electrons. The molecule has 1 saturated carbocycles. The summed E-state index contributed by atoms with van der Waals surface area (Å²) in [5.74, 6) is 0.472. The number of hydrogen-bond donors (Lipinski definition) is 1. The van der Waals surface area contributed by atoms with Gasteiger partial charge in [0.15, 0.2) is 0 Å².